The quantitative estimate of drug-likeness (QED) is 0.104. The van der Waals surface area contributed by atoms with E-state index in [1.54, 1.807) is 44.6 Å². The lowest BCUT2D eigenvalue weighted by atomic mass is 9.80. The molecule has 1 fully saturated rings. The molecule has 7 rings (SSSR count). The fraction of sp³-hybridized carbons (Fsp3) is 0.211. The van der Waals surface area contributed by atoms with Crippen LogP contribution in [0, 0.1) is 0 Å². The molecule has 13 nitrogen and oxygen atoms in total. The maximum Gasteiger partial charge on any atom is 0.317 e. The minimum atomic E-state index is -3.64. The molecule has 272 valence electrons. The standard InChI is InChI=1S/C38H35FN5O8P/c1-48-28-17-13-26(14-18-28)38(25-11-7-4-8-12-25,27-15-19-29(49-2)20-16-27)50-21-30-31(39)33(52-53(46)47)37(51-30)44-23-42-32-34(40-22-41-35(32)44)43-36(45)24-9-5-3-6-10-24/h3-20,22-23,30-31,33,37,53H,21H2,1-2H3,(H,46,47)(H,40,41,43,45)/t30-,31-,33-,37-/m1/s1. The average Bonchev–Trinajstić information content (AvgIpc) is 3.76. The Morgan fingerprint density at radius 1 is 0.868 bits per heavy atom. The van der Waals surface area contributed by atoms with E-state index in [2.05, 4.69) is 20.3 Å². The van der Waals surface area contributed by atoms with Crippen molar-refractivity contribution in [2.75, 3.05) is 26.1 Å². The zero-order valence-electron chi connectivity index (χ0n) is 28.5. The molecule has 1 unspecified atom stereocenters. The van der Waals surface area contributed by atoms with Crippen molar-refractivity contribution >= 4 is 31.1 Å². The van der Waals surface area contributed by atoms with Crippen molar-refractivity contribution < 1.29 is 42.1 Å². The zero-order chi connectivity index (χ0) is 37.0. The summed E-state index contributed by atoms with van der Waals surface area (Å²) < 4.78 is 59.3. The van der Waals surface area contributed by atoms with Gasteiger partial charge in [0, 0.05) is 5.56 Å². The van der Waals surface area contributed by atoms with Gasteiger partial charge in [-0.05, 0) is 53.1 Å². The van der Waals surface area contributed by atoms with Crippen LogP contribution in [0.4, 0.5) is 10.2 Å². The molecule has 5 atom stereocenters. The van der Waals surface area contributed by atoms with E-state index >= 15 is 4.39 Å². The fourth-order valence-corrected chi connectivity index (χ4v) is 6.95. The Hall–Kier alpha value is -5.50. The van der Waals surface area contributed by atoms with Gasteiger partial charge >= 0.3 is 8.25 Å². The monoisotopic (exact) mass is 739 g/mol. The summed E-state index contributed by atoms with van der Waals surface area (Å²) in [4.78, 5) is 35.7. The van der Waals surface area contributed by atoms with Gasteiger partial charge in [-0.1, -0.05) is 72.8 Å². The van der Waals surface area contributed by atoms with Crippen molar-refractivity contribution in [3.8, 4) is 11.5 Å². The first kappa shape index (κ1) is 35.9. The minimum absolute atomic E-state index is 0.108. The number of halogens is 1. The third kappa shape index (κ3) is 7.15. The Kier molecular flexibility index (Phi) is 10.6. The first-order valence-corrected chi connectivity index (χ1v) is 17.8. The fourth-order valence-electron chi connectivity index (χ4n) is 6.48. The van der Waals surface area contributed by atoms with E-state index in [-0.39, 0.29) is 23.6 Å². The van der Waals surface area contributed by atoms with Crippen molar-refractivity contribution in [2.24, 2.45) is 0 Å². The number of carbonyl (C=O) groups is 1. The third-order valence-electron chi connectivity index (χ3n) is 9.04. The van der Waals surface area contributed by atoms with Crippen LogP contribution in [-0.4, -0.2) is 69.5 Å². The Labute approximate surface area is 304 Å². The van der Waals surface area contributed by atoms with Gasteiger partial charge in [-0.3, -0.25) is 18.5 Å². The summed E-state index contributed by atoms with van der Waals surface area (Å²) in [6.07, 6.45) is -3.54. The van der Waals surface area contributed by atoms with Crippen molar-refractivity contribution in [1.29, 1.82) is 0 Å². The second-order valence-corrected chi connectivity index (χ2v) is 12.8. The topological polar surface area (TPSA) is 156 Å². The summed E-state index contributed by atoms with van der Waals surface area (Å²) in [6, 6.07) is 32.8. The summed E-state index contributed by atoms with van der Waals surface area (Å²) in [6.45, 7) is -0.323. The molecule has 1 aliphatic rings. The number of rotatable bonds is 13. The van der Waals surface area contributed by atoms with Crippen LogP contribution in [0.5, 0.6) is 11.5 Å². The van der Waals surface area contributed by atoms with E-state index in [1.807, 2.05) is 78.9 Å². The van der Waals surface area contributed by atoms with Gasteiger partial charge in [-0.2, -0.15) is 0 Å². The number of methoxy groups -OCH3 is 2. The van der Waals surface area contributed by atoms with Crippen molar-refractivity contribution in [2.45, 2.75) is 30.2 Å². The van der Waals surface area contributed by atoms with Gasteiger partial charge in [-0.15, -0.1) is 0 Å². The number of nitrogens with zero attached hydrogens (tertiary/aromatic N) is 4. The molecular formula is C38H35FN5O8P. The molecule has 53 heavy (non-hydrogen) atoms. The van der Waals surface area contributed by atoms with Crippen LogP contribution in [0.2, 0.25) is 0 Å². The number of anilines is 1. The number of nitrogens with one attached hydrogen (secondary N) is 1. The van der Waals surface area contributed by atoms with Crippen LogP contribution < -0.4 is 14.8 Å². The summed E-state index contributed by atoms with van der Waals surface area (Å²) in [5.74, 6) is 0.954. The Bertz CT molecular complexity index is 2150. The molecule has 0 radical (unpaired) electrons. The van der Waals surface area contributed by atoms with Gasteiger partial charge in [0.1, 0.15) is 35.6 Å². The van der Waals surface area contributed by atoms with Gasteiger partial charge in [0.2, 0.25) is 0 Å². The second kappa shape index (κ2) is 15.6. The lowest BCUT2D eigenvalue weighted by Gasteiger charge is -2.37. The predicted molar refractivity (Wildman–Crippen MR) is 193 cm³/mol. The van der Waals surface area contributed by atoms with Crippen LogP contribution in [-0.2, 0) is 24.2 Å². The van der Waals surface area contributed by atoms with Crippen molar-refractivity contribution in [1.82, 2.24) is 19.5 Å². The Morgan fingerprint density at radius 2 is 1.45 bits per heavy atom. The molecular weight excluding hydrogens is 704 g/mol. The summed E-state index contributed by atoms with van der Waals surface area (Å²) in [5.41, 5.74) is 1.65. The smallest absolute Gasteiger partial charge is 0.317 e. The highest BCUT2D eigenvalue weighted by Crippen LogP contribution is 2.44. The number of aromatic nitrogens is 4. The van der Waals surface area contributed by atoms with E-state index in [0.29, 0.717) is 17.1 Å². The molecule has 15 heteroatoms. The van der Waals surface area contributed by atoms with E-state index in [4.69, 9.17) is 23.5 Å². The molecule has 4 aromatic carbocycles. The van der Waals surface area contributed by atoms with Crippen LogP contribution in [0.1, 0.15) is 33.3 Å². The van der Waals surface area contributed by atoms with E-state index in [1.165, 1.54) is 17.2 Å². The van der Waals surface area contributed by atoms with Crippen molar-refractivity contribution in [3.63, 3.8) is 0 Å². The maximum atomic E-state index is 16.6. The first-order valence-electron chi connectivity index (χ1n) is 16.5. The number of amides is 1. The molecule has 2 N–H and O–H groups in total. The highest BCUT2D eigenvalue weighted by atomic mass is 31.1. The van der Waals surface area contributed by atoms with E-state index in [9.17, 15) is 14.3 Å². The average molecular weight is 740 g/mol. The number of fused-ring (bicyclic) bond motifs is 1. The lowest BCUT2D eigenvalue weighted by Crippen LogP contribution is -2.38. The largest absolute Gasteiger partial charge is 0.497 e. The number of carbonyl (C=O) groups excluding carboxylic acids is 1. The van der Waals surface area contributed by atoms with E-state index < -0.39 is 44.4 Å². The van der Waals surface area contributed by atoms with Crippen LogP contribution >= 0.6 is 8.25 Å². The summed E-state index contributed by atoms with van der Waals surface area (Å²) in [5, 5.41) is 2.73. The number of hydrogen-bond acceptors (Lipinski definition) is 10. The summed E-state index contributed by atoms with van der Waals surface area (Å²) in [7, 11) is -0.495. The Morgan fingerprint density at radius 3 is 2.04 bits per heavy atom. The van der Waals surface area contributed by atoms with Crippen LogP contribution in [0.25, 0.3) is 11.2 Å². The predicted octanol–water partition coefficient (Wildman–Crippen LogP) is 6.11. The molecule has 0 spiro atoms. The molecule has 0 aliphatic carbocycles. The molecule has 1 saturated heterocycles. The molecule has 0 bridgehead atoms. The molecule has 2 aromatic heterocycles. The zero-order valence-corrected chi connectivity index (χ0v) is 29.5. The Balaban J connectivity index is 1.24. The van der Waals surface area contributed by atoms with Gasteiger partial charge in [0.25, 0.3) is 5.91 Å². The first-order chi connectivity index (χ1) is 25.8. The molecule has 1 aliphatic heterocycles. The minimum Gasteiger partial charge on any atom is -0.497 e. The third-order valence-corrected chi connectivity index (χ3v) is 9.51. The number of benzene rings is 4. The molecule has 3 heterocycles. The van der Waals surface area contributed by atoms with Gasteiger partial charge in [0.15, 0.2) is 29.4 Å². The SMILES string of the molecule is COc1ccc(C(OC[C@H]2O[C@@H](n3cnc4c(NC(=O)c5ccccc5)ncnc43)[C@H](O[PH](=O)O)[C@@H]2F)(c2ccccc2)c2ccc(OC)cc2)cc1. The van der Waals surface area contributed by atoms with Gasteiger partial charge in [-0.25, -0.2) is 19.3 Å². The normalized spacial score (nSPS) is 19.2. The number of hydrogen-bond donors (Lipinski definition) is 2. The number of ether oxygens (including phenoxy) is 4. The highest BCUT2D eigenvalue weighted by molar-refractivity contribution is 7.32. The number of alkyl halides is 1. The lowest BCUT2D eigenvalue weighted by molar-refractivity contribution is -0.0885. The molecule has 0 saturated carbocycles. The molecule has 1 amide bonds. The maximum absolute atomic E-state index is 16.6. The highest BCUT2D eigenvalue weighted by Gasteiger charge is 2.50. The van der Waals surface area contributed by atoms with Crippen molar-refractivity contribution in [3.05, 3.63) is 144 Å². The second-order valence-electron chi connectivity index (χ2n) is 12.0. The van der Waals surface area contributed by atoms with Crippen LogP contribution in [0.3, 0.4) is 0 Å². The molecule has 6 aromatic rings. The van der Waals surface area contributed by atoms with Gasteiger partial charge in [0.05, 0.1) is 27.2 Å². The van der Waals surface area contributed by atoms with E-state index in [0.717, 1.165) is 16.7 Å². The van der Waals surface area contributed by atoms with Gasteiger partial charge < -0.3 is 29.2 Å². The number of imidazole rings is 1. The summed E-state index contributed by atoms with van der Waals surface area (Å²) >= 11 is 0. The van der Waals surface area contributed by atoms with Crippen LogP contribution in [0.15, 0.2) is 122 Å².